The zero-order valence-electron chi connectivity index (χ0n) is 13.4. The van der Waals surface area contributed by atoms with Gasteiger partial charge < -0.3 is 9.84 Å². The van der Waals surface area contributed by atoms with Crippen LogP contribution in [0.5, 0.6) is 0 Å². The Morgan fingerprint density at radius 1 is 1.08 bits per heavy atom. The molecule has 5 rings (SSSR count). The van der Waals surface area contributed by atoms with Gasteiger partial charge in [0.05, 0.1) is 12.0 Å². The monoisotopic (exact) mass is 320 g/mol. The molecule has 3 heteroatoms. The lowest BCUT2D eigenvalue weighted by atomic mass is 9.81. The summed E-state index contributed by atoms with van der Waals surface area (Å²) in [5.41, 5.74) is 3.58. The number of carbonyl (C=O) groups is 1. The molecule has 0 radical (unpaired) electrons. The van der Waals surface area contributed by atoms with Crippen LogP contribution in [0.25, 0.3) is 0 Å². The lowest BCUT2D eigenvalue weighted by molar-refractivity contribution is -0.152. The van der Waals surface area contributed by atoms with Gasteiger partial charge >= 0.3 is 5.97 Å². The quantitative estimate of drug-likeness (QED) is 0.880. The van der Waals surface area contributed by atoms with Gasteiger partial charge in [-0.25, -0.2) is 0 Å². The largest absolute Gasteiger partial charge is 0.463 e. The normalized spacial score (nSPS) is 34.5. The van der Waals surface area contributed by atoms with Crippen LogP contribution in [0.15, 0.2) is 54.6 Å². The second kappa shape index (κ2) is 4.93. The van der Waals surface area contributed by atoms with Crippen molar-refractivity contribution >= 4 is 5.97 Å². The molecular weight excluding hydrogens is 300 g/mol. The number of rotatable bonds is 4. The van der Waals surface area contributed by atoms with Crippen LogP contribution in [0.3, 0.4) is 0 Å². The minimum Gasteiger partial charge on any atom is -0.463 e. The summed E-state index contributed by atoms with van der Waals surface area (Å²) in [6, 6.07) is 19.0. The Morgan fingerprint density at radius 2 is 1.79 bits per heavy atom. The van der Waals surface area contributed by atoms with Crippen molar-refractivity contribution in [3.05, 3.63) is 71.3 Å². The van der Waals surface area contributed by atoms with E-state index >= 15 is 0 Å². The van der Waals surface area contributed by atoms with Crippen molar-refractivity contribution in [3.8, 4) is 0 Å². The fraction of sp³-hybridized carbons (Fsp3) is 0.381. The van der Waals surface area contributed by atoms with Gasteiger partial charge in [0.1, 0.15) is 6.61 Å². The van der Waals surface area contributed by atoms with Crippen molar-refractivity contribution in [1.82, 2.24) is 0 Å². The molecule has 1 N–H and O–H groups in total. The van der Waals surface area contributed by atoms with Gasteiger partial charge in [-0.05, 0) is 34.9 Å². The van der Waals surface area contributed by atoms with Gasteiger partial charge in [0.15, 0.2) is 0 Å². The molecular formula is C21H20O3. The molecule has 2 saturated carbocycles. The van der Waals surface area contributed by atoms with Crippen molar-refractivity contribution < 1.29 is 14.6 Å². The lowest BCUT2D eigenvalue weighted by Gasteiger charge is -2.24. The summed E-state index contributed by atoms with van der Waals surface area (Å²) in [5.74, 6) is 1.20. The van der Waals surface area contributed by atoms with Crippen LogP contribution in [0.1, 0.15) is 40.9 Å². The summed E-state index contributed by atoms with van der Waals surface area (Å²) in [5, 5.41) is 9.05. The maximum atomic E-state index is 13.0. The Hall–Kier alpha value is -2.13. The van der Waals surface area contributed by atoms with Crippen LogP contribution >= 0.6 is 0 Å². The number of ether oxygens (including phenoxy) is 1. The topological polar surface area (TPSA) is 46.5 Å². The van der Waals surface area contributed by atoms with E-state index in [-0.39, 0.29) is 31.0 Å². The summed E-state index contributed by atoms with van der Waals surface area (Å²) in [7, 11) is 0. The third kappa shape index (κ3) is 1.58. The van der Waals surface area contributed by atoms with E-state index in [1.807, 2.05) is 18.2 Å². The Kier molecular flexibility index (Phi) is 2.93. The summed E-state index contributed by atoms with van der Waals surface area (Å²) in [6.45, 7) is -0.0268. The van der Waals surface area contributed by atoms with Crippen molar-refractivity contribution in [2.24, 2.45) is 11.3 Å². The number of carbonyl (C=O) groups excluding carboxylic acids is 1. The second-order valence-corrected chi connectivity index (χ2v) is 7.23. The first-order chi connectivity index (χ1) is 11.8. The third-order valence-electron chi connectivity index (χ3n) is 6.43. The summed E-state index contributed by atoms with van der Waals surface area (Å²) >= 11 is 0. The molecule has 24 heavy (non-hydrogen) atoms. The Balaban J connectivity index is 1.61. The maximum absolute atomic E-state index is 13.0. The zero-order valence-corrected chi connectivity index (χ0v) is 13.4. The van der Waals surface area contributed by atoms with Crippen LogP contribution in [-0.2, 0) is 9.53 Å². The smallest absolute Gasteiger partial charge is 0.313 e. The van der Waals surface area contributed by atoms with Gasteiger partial charge in [0.2, 0.25) is 0 Å². The summed E-state index contributed by atoms with van der Waals surface area (Å²) < 4.78 is 5.45. The van der Waals surface area contributed by atoms with Crippen LogP contribution in [-0.4, -0.2) is 24.3 Å². The van der Waals surface area contributed by atoms with Gasteiger partial charge in [-0.2, -0.15) is 0 Å². The molecule has 5 atom stereocenters. The Labute approximate surface area is 141 Å². The molecule has 0 aromatic heterocycles. The maximum Gasteiger partial charge on any atom is 0.313 e. The minimum atomic E-state index is -0.421. The van der Waals surface area contributed by atoms with E-state index in [9.17, 15) is 4.79 Å². The molecule has 2 aromatic carbocycles. The second-order valence-electron chi connectivity index (χ2n) is 7.23. The number of hydrogen-bond acceptors (Lipinski definition) is 3. The SMILES string of the molecule is O=C(OCCO)[C@@]12C3c4ccccc4C(C[C@@H]1c1ccccc1)C32. The number of fused-ring (bicyclic) bond motifs is 4. The third-order valence-corrected chi connectivity index (χ3v) is 6.43. The van der Waals surface area contributed by atoms with Crippen LogP contribution in [0.4, 0.5) is 0 Å². The highest BCUT2D eigenvalue weighted by atomic mass is 16.5. The van der Waals surface area contributed by atoms with E-state index in [0.717, 1.165) is 6.42 Å². The average Bonchev–Trinajstić information content (AvgIpc) is 3.08. The molecule has 0 heterocycles. The molecule has 3 aliphatic rings. The molecule has 2 aromatic rings. The molecule has 0 aliphatic heterocycles. The zero-order chi connectivity index (χ0) is 16.3. The highest BCUT2D eigenvalue weighted by Crippen LogP contribution is 2.85. The molecule has 122 valence electrons. The van der Waals surface area contributed by atoms with Crippen LogP contribution in [0, 0.1) is 11.3 Å². The van der Waals surface area contributed by atoms with E-state index in [1.54, 1.807) is 0 Å². The fourth-order valence-corrected chi connectivity index (χ4v) is 5.71. The Bertz CT molecular complexity index is 800. The van der Waals surface area contributed by atoms with E-state index < -0.39 is 5.41 Å². The van der Waals surface area contributed by atoms with E-state index in [4.69, 9.17) is 9.84 Å². The van der Waals surface area contributed by atoms with Gasteiger partial charge in [-0.15, -0.1) is 0 Å². The van der Waals surface area contributed by atoms with Crippen LogP contribution < -0.4 is 0 Å². The predicted molar refractivity (Wildman–Crippen MR) is 89.7 cm³/mol. The Morgan fingerprint density at radius 3 is 2.54 bits per heavy atom. The molecule has 0 amide bonds. The molecule has 3 unspecified atom stereocenters. The molecule has 0 spiro atoms. The first kappa shape index (κ1) is 14.2. The van der Waals surface area contributed by atoms with E-state index in [0.29, 0.717) is 11.8 Å². The molecule has 0 bridgehead atoms. The van der Waals surface area contributed by atoms with Crippen molar-refractivity contribution in [2.45, 2.75) is 24.2 Å². The van der Waals surface area contributed by atoms with Crippen molar-refractivity contribution in [1.29, 1.82) is 0 Å². The predicted octanol–water partition coefficient (Wildman–Crippen LogP) is 3.21. The van der Waals surface area contributed by atoms with Crippen molar-refractivity contribution in [3.63, 3.8) is 0 Å². The van der Waals surface area contributed by atoms with Gasteiger partial charge in [0, 0.05) is 11.8 Å². The highest BCUT2D eigenvalue weighted by Gasteiger charge is 2.82. The van der Waals surface area contributed by atoms with E-state index in [1.165, 1.54) is 16.7 Å². The van der Waals surface area contributed by atoms with Gasteiger partial charge in [-0.1, -0.05) is 54.6 Å². The van der Waals surface area contributed by atoms with Gasteiger partial charge in [0.25, 0.3) is 0 Å². The van der Waals surface area contributed by atoms with Gasteiger partial charge in [-0.3, -0.25) is 4.79 Å². The number of aliphatic hydroxyl groups excluding tert-OH is 1. The lowest BCUT2D eigenvalue weighted by Crippen LogP contribution is -2.28. The van der Waals surface area contributed by atoms with E-state index in [2.05, 4.69) is 36.4 Å². The molecule has 0 saturated heterocycles. The van der Waals surface area contributed by atoms with Crippen LogP contribution in [0.2, 0.25) is 0 Å². The number of benzene rings is 2. The molecule has 2 fully saturated rings. The minimum absolute atomic E-state index is 0.0911. The first-order valence-electron chi connectivity index (χ1n) is 8.72. The molecule has 3 aliphatic carbocycles. The number of esters is 1. The highest BCUT2D eigenvalue weighted by molar-refractivity contribution is 5.88. The summed E-state index contributed by atoms with van der Waals surface area (Å²) in [4.78, 5) is 13.0. The standard InChI is InChI=1S/C21H20O3/c22-10-11-24-20(23)21-17(13-6-2-1-3-7-13)12-16-14-8-4-5-9-15(14)18(21)19(16)21/h1-9,16-19,22H,10-12H2/t16?,17-,18?,19?,21-/m1/s1. The number of hydrogen-bond donors (Lipinski definition) is 1. The van der Waals surface area contributed by atoms with Crippen molar-refractivity contribution in [2.75, 3.05) is 13.2 Å². The molecule has 3 nitrogen and oxygen atoms in total. The fourth-order valence-electron chi connectivity index (χ4n) is 5.71. The summed E-state index contributed by atoms with van der Waals surface area (Å²) in [6.07, 6.45) is 1.01. The first-order valence-corrected chi connectivity index (χ1v) is 8.72. The average molecular weight is 320 g/mol. The number of aliphatic hydroxyl groups is 1.